The fraction of sp³-hybridized carbons (Fsp3) is 0.0847. The first kappa shape index (κ1) is 42.4. The number of pyridine rings is 2. The molecule has 5 aromatic heterocycles. The Hall–Kier alpha value is -7.91. The van der Waals surface area contributed by atoms with Gasteiger partial charge in [0.25, 0.3) is 0 Å². The zero-order valence-electron chi connectivity index (χ0n) is 37.4. The van der Waals surface area contributed by atoms with Crippen molar-refractivity contribution in [1.82, 2.24) is 9.97 Å². The average Bonchev–Trinajstić information content (AvgIpc) is 4.22. The van der Waals surface area contributed by atoms with Crippen molar-refractivity contribution in [3.05, 3.63) is 207 Å². The Morgan fingerprint density at radius 3 is 1.55 bits per heavy atom. The number of fused-ring (bicyclic) bond motifs is 11. The quantitative estimate of drug-likeness (QED) is 0.109. The van der Waals surface area contributed by atoms with Crippen LogP contribution in [0.5, 0.6) is 0 Å². The second-order valence-electron chi connectivity index (χ2n) is 17.1. The summed E-state index contributed by atoms with van der Waals surface area (Å²) in [6, 6.07) is 65.7. The van der Waals surface area contributed by atoms with Crippen LogP contribution >= 0.6 is 0 Å². The molecule has 0 saturated carbocycles. The molecule has 9 nitrogen and oxygen atoms in total. The van der Waals surface area contributed by atoms with Gasteiger partial charge in [-0.3, -0.25) is 0 Å². The summed E-state index contributed by atoms with van der Waals surface area (Å²) in [5.74, 6) is 0. The zero-order chi connectivity index (χ0) is 45.1. The molecule has 0 spiro atoms. The number of aromatic nitrogens is 2. The van der Waals surface area contributed by atoms with E-state index in [0.29, 0.717) is 5.71 Å². The van der Waals surface area contributed by atoms with E-state index in [4.69, 9.17) is 13.3 Å². The summed E-state index contributed by atoms with van der Waals surface area (Å²) in [4.78, 5) is 18.0. The van der Waals surface area contributed by atoms with Crippen molar-refractivity contribution < 1.29 is 33.4 Å². The van der Waals surface area contributed by atoms with E-state index in [0.717, 1.165) is 126 Å². The van der Waals surface area contributed by atoms with Gasteiger partial charge in [-0.05, 0) is 93.1 Å². The Labute approximate surface area is 412 Å². The van der Waals surface area contributed by atoms with Crippen LogP contribution in [0.2, 0.25) is 0 Å². The molecular formula is C59H41IrN6O3-5. The fourth-order valence-electron chi connectivity index (χ4n) is 9.75. The molecule has 0 N–H and O–H groups in total. The minimum Gasteiger partial charge on any atom is -0.514 e. The Kier molecular flexibility index (Phi) is 10.8. The molecule has 0 unspecified atom stereocenters. The molecule has 2 aliphatic heterocycles. The first-order valence-corrected chi connectivity index (χ1v) is 22.9. The van der Waals surface area contributed by atoms with Crippen LogP contribution in [-0.4, -0.2) is 23.1 Å². The SMILES string of the molecule is Cc1ccc2c(n1)oc1c(-c3ccccn3)[c-]ccc12.[Ir].[c-]1ccc2c(oc3ccccc32)c1N1[CH-]N(CCCCN2[CH-]N(c3[c-]ccc4c3oc3ccccc34)c3ccccc32)c2ccccc21. The second kappa shape index (κ2) is 17.6. The van der Waals surface area contributed by atoms with Crippen molar-refractivity contribution in [2.75, 3.05) is 32.7 Å². The number of aryl methyl sites for hydroxylation is 1. The molecule has 14 rings (SSSR count). The molecule has 12 aromatic rings. The van der Waals surface area contributed by atoms with Crippen molar-refractivity contribution in [3.8, 4) is 11.3 Å². The smallest absolute Gasteiger partial charge is 0.216 e. The molecule has 7 aromatic carbocycles. The summed E-state index contributed by atoms with van der Waals surface area (Å²) in [5.41, 5.74) is 14.1. The van der Waals surface area contributed by atoms with Crippen molar-refractivity contribution in [2.24, 2.45) is 0 Å². The maximum Gasteiger partial charge on any atom is 0.216 e. The monoisotopic (exact) mass is 1070 g/mol. The molecule has 1 radical (unpaired) electrons. The van der Waals surface area contributed by atoms with Gasteiger partial charge in [-0.25, -0.2) is 4.98 Å². The third kappa shape index (κ3) is 7.35. The molecule has 0 saturated heterocycles. The van der Waals surface area contributed by atoms with Crippen LogP contribution in [-0.2, 0) is 20.1 Å². The van der Waals surface area contributed by atoms with Crippen molar-refractivity contribution in [3.63, 3.8) is 0 Å². The number of unbranched alkanes of at least 4 members (excludes halogenated alkanes) is 1. The van der Waals surface area contributed by atoms with Crippen molar-refractivity contribution in [1.29, 1.82) is 0 Å². The molecule has 7 heterocycles. The van der Waals surface area contributed by atoms with E-state index in [1.165, 1.54) is 11.4 Å². The number of hydrogen-bond acceptors (Lipinski definition) is 9. The van der Waals surface area contributed by atoms with E-state index < -0.39 is 0 Å². The predicted molar refractivity (Wildman–Crippen MR) is 273 cm³/mol. The summed E-state index contributed by atoms with van der Waals surface area (Å²) in [7, 11) is 0. The Bertz CT molecular complexity index is 3670. The summed E-state index contributed by atoms with van der Waals surface area (Å²) < 4.78 is 18.7. The number of hydrogen-bond donors (Lipinski definition) is 0. The maximum atomic E-state index is 6.38. The van der Waals surface area contributed by atoms with Crippen LogP contribution in [0, 0.1) is 38.5 Å². The largest absolute Gasteiger partial charge is 0.514 e. The number of anilines is 6. The third-order valence-electron chi connectivity index (χ3n) is 12.9. The third-order valence-corrected chi connectivity index (χ3v) is 12.9. The van der Waals surface area contributed by atoms with Gasteiger partial charge in [-0.1, -0.05) is 106 Å². The van der Waals surface area contributed by atoms with Gasteiger partial charge in [0.2, 0.25) is 5.71 Å². The normalized spacial score (nSPS) is 13.2. The van der Waals surface area contributed by atoms with E-state index in [1.807, 2.05) is 85.8 Å². The Morgan fingerprint density at radius 2 is 0.986 bits per heavy atom. The van der Waals surface area contributed by atoms with Crippen molar-refractivity contribution in [2.45, 2.75) is 19.8 Å². The van der Waals surface area contributed by atoms with Crippen LogP contribution in [0.15, 0.2) is 183 Å². The number of rotatable bonds is 8. The van der Waals surface area contributed by atoms with Crippen LogP contribution < -0.4 is 19.6 Å². The fourth-order valence-corrected chi connectivity index (χ4v) is 9.75. The van der Waals surface area contributed by atoms with Crippen LogP contribution in [0.25, 0.3) is 77.2 Å². The minimum atomic E-state index is 0. The van der Waals surface area contributed by atoms with Gasteiger partial charge in [-0.2, -0.15) is 49.7 Å². The van der Waals surface area contributed by atoms with Crippen LogP contribution in [0.4, 0.5) is 34.1 Å². The van der Waals surface area contributed by atoms with E-state index in [2.05, 4.69) is 146 Å². The molecule has 0 fully saturated rings. The van der Waals surface area contributed by atoms with E-state index in [9.17, 15) is 0 Å². The van der Waals surface area contributed by atoms with Gasteiger partial charge < -0.3 is 37.8 Å². The number of para-hydroxylation sites is 6. The first-order valence-electron chi connectivity index (χ1n) is 22.9. The van der Waals surface area contributed by atoms with Gasteiger partial charge in [0.15, 0.2) is 0 Å². The van der Waals surface area contributed by atoms with Gasteiger partial charge in [0.1, 0.15) is 11.2 Å². The van der Waals surface area contributed by atoms with E-state index in [-0.39, 0.29) is 20.1 Å². The molecule has 0 bridgehead atoms. The minimum absolute atomic E-state index is 0. The molecular weight excluding hydrogens is 1030 g/mol. The van der Waals surface area contributed by atoms with Crippen LogP contribution in [0.1, 0.15) is 18.5 Å². The maximum absolute atomic E-state index is 6.38. The topological polar surface area (TPSA) is 78.2 Å². The summed E-state index contributed by atoms with van der Waals surface area (Å²) >= 11 is 0. The molecule has 0 aliphatic carbocycles. The Morgan fingerprint density at radius 1 is 0.478 bits per heavy atom. The van der Waals surface area contributed by atoms with Crippen LogP contribution in [0.3, 0.4) is 0 Å². The van der Waals surface area contributed by atoms with Crippen molar-refractivity contribution >= 4 is 100 Å². The number of furan rings is 3. The van der Waals surface area contributed by atoms with Gasteiger partial charge in [0.05, 0.1) is 5.58 Å². The first-order chi connectivity index (χ1) is 33.6. The van der Waals surface area contributed by atoms with E-state index in [1.54, 1.807) is 6.20 Å². The Balaban J connectivity index is 0.000000196. The second-order valence-corrected chi connectivity index (χ2v) is 17.1. The molecule has 2 aliphatic rings. The zero-order valence-corrected chi connectivity index (χ0v) is 39.8. The molecule has 0 atom stereocenters. The number of nitrogens with zero attached hydrogens (tertiary/aromatic N) is 6. The van der Waals surface area contributed by atoms with Gasteiger partial charge in [-0.15, -0.1) is 18.2 Å². The molecule has 0 amide bonds. The molecule has 10 heteroatoms. The molecule has 69 heavy (non-hydrogen) atoms. The van der Waals surface area contributed by atoms with Gasteiger partial charge in [0, 0.05) is 82.1 Å². The predicted octanol–water partition coefficient (Wildman–Crippen LogP) is 14.9. The molecule has 339 valence electrons. The average molecular weight is 1070 g/mol. The van der Waals surface area contributed by atoms with Gasteiger partial charge >= 0.3 is 0 Å². The summed E-state index contributed by atoms with van der Waals surface area (Å²) in [6.07, 6.45) is 3.82. The standard InChI is InChI=1S/C42H30N4O2.C17H11N2O.Ir/c1-7-23-39-29(13-1)31-15-11-21-37(41(31)47-39)45-27-43(33-17-3-5-19-35(33)45)25-9-10-26-44-28-46(36-20-6-4-18-34(36)44)38-22-12-16-32-30-14-2-8-24-40(30)48-42(32)38;1-11-8-9-13-12-5-4-6-14(15-7-2-3-10-18-15)16(12)20-17(13)19-11;/h1-8,11-20,23-24,27-28H,9-10,25-26H2;2-5,7-10H,1H3;/q-4;-1;. The summed E-state index contributed by atoms with van der Waals surface area (Å²) in [5, 5.41) is 6.53. The summed E-state index contributed by atoms with van der Waals surface area (Å²) in [6.45, 7) is 8.15. The number of benzene rings is 7. The van der Waals surface area contributed by atoms with E-state index >= 15 is 0 Å².